The van der Waals surface area contributed by atoms with E-state index in [1.54, 1.807) is 14.2 Å². The molecule has 0 saturated heterocycles. The zero-order valence-electron chi connectivity index (χ0n) is 8.34. The van der Waals surface area contributed by atoms with Crippen molar-refractivity contribution >= 4 is 5.95 Å². The smallest absolute Gasteiger partial charge is 0.242 e. The summed E-state index contributed by atoms with van der Waals surface area (Å²) < 4.78 is 6.32. The second-order valence-corrected chi connectivity index (χ2v) is 2.95. The summed E-state index contributed by atoms with van der Waals surface area (Å²) >= 11 is 0. The summed E-state index contributed by atoms with van der Waals surface area (Å²) in [7, 11) is 3.30. The topological polar surface area (TPSA) is 85.1 Å². The quantitative estimate of drug-likeness (QED) is 0.615. The predicted octanol–water partition coefficient (Wildman–Crippen LogP) is -0.981. The minimum Gasteiger partial charge on any atom is -0.391 e. The largest absolute Gasteiger partial charge is 0.391 e. The maximum atomic E-state index is 9.32. The first-order valence-corrected chi connectivity index (χ1v) is 4.37. The zero-order valence-corrected chi connectivity index (χ0v) is 8.34. The van der Waals surface area contributed by atoms with Crippen molar-refractivity contribution in [1.29, 1.82) is 0 Å². The lowest BCUT2D eigenvalue weighted by Gasteiger charge is -2.09. The van der Waals surface area contributed by atoms with Gasteiger partial charge in [0.1, 0.15) is 0 Å². The molecule has 0 aliphatic heterocycles. The van der Waals surface area contributed by atoms with Gasteiger partial charge >= 0.3 is 0 Å². The first-order valence-electron chi connectivity index (χ1n) is 4.37. The number of tetrazole rings is 1. The molecule has 7 heteroatoms. The molecule has 0 aliphatic rings. The molecule has 0 spiro atoms. The van der Waals surface area contributed by atoms with Gasteiger partial charge in [0.05, 0.1) is 12.7 Å². The van der Waals surface area contributed by atoms with Gasteiger partial charge < -0.3 is 15.2 Å². The van der Waals surface area contributed by atoms with Gasteiger partial charge in [0, 0.05) is 20.7 Å². The van der Waals surface area contributed by atoms with E-state index in [2.05, 4.69) is 20.8 Å². The van der Waals surface area contributed by atoms with Gasteiger partial charge in [-0.1, -0.05) is 5.10 Å². The average Bonchev–Trinajstić information content (AvgIpc) is 2.52. The molecular formula is C7H15N5O2. The van der Waals surface area contributed by atoms with Crippen molar-refractivity contribution in [2.45, 2.75) is 12.5 Å². The highest BCUT2D eigenvalue weighted by Crippen LogP contribution is 1.97. The molecule has 1 heterocycles. The van der Waals surface area contributed by atoms with Crippen LogP contribution in [-0.4, -0.2) is 51.7 Å². The fraction of sp³-hybridized carbons (Fsp3) is 0.857. The van der Waals surface area contributed by atoms with E-state index in [-0.39, 0.29) is 0 Å². The summed E-state index contributed by atoms with van der Waals surface area (Å²) in [6.07, 6.45) is 0.148. The summed E-state index contributed by atoms with van der Waals surface area (Å²) in [5, 5.41) is 23.2. The van der Waals surface area contributed by atoms with Crippen LogP contribution in [0.3, 0.4) is 0 Å². The Bertz CT molecular complexity index is 264. The molecule has 0 aliphatic carbocycles. The molecule has 2 N–H and O–H groups in total. The molecule has 0 fully saturated rings. The van der Waals surface area contributed by atoms with E-state index in [4.69, 9.17) is 4.74 Å². The Kier molecular flexibility index (Phi) is 4.27. The Hall–Kier alpha value is -1.21. The highest BCUT2D eigenvalue weighted by Gasteiger charge is 2.04. The van der Waals surface area contributed by atoms with Crippen LogP contribution in [0, 0.1) is 0 Å². The number of aryl methyl sites for hydroxylation is 1. The molecule has 0 aromatic carbocycles. The highest BCUT2D eigenvalue weighted by molar-refractivity contribution is 5.20. The lowest BCUT2D eigenvalue weighted by molar-refractivity contribution is 0.0615. The van der Waals surface area contributed by atoms with Gasteiger partial charge in [0.25, 0.3) is 0 Å². The number of hydrogen-bond donors (Lipinski definition) is 2. The van der Waals surface area contributed by atoms with E-state index in [1.165, 1.54) is 4.68 Å². The number of aliphatic hydroxyl groups excluding tert-OH is 1. The Labute approximate surface area is 82.1 Å². The predicted molar refractivity (Wildman–Crippen MR) is 49.8 cm³/mol. The number of methoxy groups -OCH3 is 1. The molecule has 0 bridgehead atoms. The summed E-state index contributed by atoms with van der Waals surface area (Å²) in [5.41, 5.74) is 0. The van der Waals surface area contributed by atoms with Crippen LogP contribution in [-0.2, 0) is 11.8 Å². The number of aromatic nitrogens is 4. The third-order valence-corrected chi connectivity index (χ3v) is 1.74. The first-order chi connectivity index (χ1) is 6.74. The highest BCUT2D eigenvalue weighted by atomic mass is 16.5. The van der Waals surface area contributed by atoms with Crippen molar-refractivity contribution in [3.63, 3.8) is 0 Å². The Balaban J connectivity index is 2.19. The fourth-order valence-electron chi connectivity index (χ4n) is 1.01. The number of hydrogen-bond acceptors (Lipinski definition) is 6. The Morgan fingerprint density at radius 3 is 3.00 bits per heavy atom. The van der Waals surface area contributed by atoms with Gasteiger partial charge in [-0.3, -0.25) is 0 Å². The molecule has 1 aromatic heterocycles. The molecule has 0 radical (unpaired) electrons. The van der Waals surface area contributed by atoms with Crippen molar-refractivity contribution in [3.05, 3.63) is 0 Å². The molecule has 80 valence electrons. The zero-order chi connectivity index (χ0) is 10.4. The standard InChI is InChI=1S/C7H15N5O2/c1-12-7(9-10-11-12)8-4-3-6(13)5-14-2/h6,13H,3-5H2,1-2H3,(H,8,9,11). The Morgan fingerprint density at radius 2 is 2.43 bits per heavy atom. The van der Waals surface area contributed by atoms with E-state index in [0.29, 0.717) is 25.5 Å². The molecule has 1 aromatic rings. The number of anilines is 1. The van der Waals surface area contributed by atoms with Gasteiger partial charge in [0.2, 0.25) is 5.95 Å². The molecule has 7 nitrogen and oxygen atoms in total. The van der Waals surface area contributed by atoms with Crippen LogP contribution in [0.4, 0.5) is 5.95 Å². The minimum absolute atomic E-state index is 0.346. The van der Waals surface area contributed by atoms with Crippen LogP contribution in [0.1, 0.15) is 6.42 Å². The van der Waals surface area contributed by atoms with Crippen molar-refractivity contribution in [2.24, 2.45) is 7.05 Å². The molecule has 0 saturated carbocycles. The molecule has 1 unspecified atom stereocenters. The summed E-state index contributed by atoms with van der Waals surface area (Å²) in [5.74, 6) is 0.592. The third kappa shape index (κ3) is 3.27. The fourth-order valence-corrected chi connectivity index (χ4v) is 1.01. The van der Waals surface area contributed by atoms with Crippen LogP contribution in [0.2, 0.25) is 0 Å². The molecule has 1 atom stereocenters. The van der Waals surface area contributed by atoms with Gasteiger partial charge in [-0.25, -0.2) is 4.68 Å². The molecule has 14 heavy (non-hydrogen) atoms. The van der Waals surface area contributed by atoms with E-state index in [0.717, 1.165) is 0 Å². The van der Waals surface area contributed by atoms with E-state index >= 15 is 0 Å². The number of aliphatic hydroxyl groups is 1. The van der Waals surface area contributed by atoms with Crippen molar-refractivity contribution in [2.75, 3.05) is 25.6 Å². The number of rotatable bonds is 6. The maximum Gasteiger partial charge on any atom is 0.242 e. The van der Waals surface area contributed by atoms with Crippen molar-refractivity contribution in [1.82, 2.24) is 20.2 Å². The second-order valence-electron chi connectivity index (χ2n) is 2.95. The minimum atomic E-state index is -0.450. The van der Waals surface area contributed by atoms with E-state index in [9.17, 15) is 5.11 Å². The van der Waals surface area contributed by atoms with Crippen LogP contribution in [0.15, 0.2) is 0 Å². The number of nitrogens with one attached hydrogen (secondary N) is 1. The lowest BCUT2D eigenvalue weighted by Crippen LogP contribution is -2.19. The molecule has 1 rings (SSSR count). The Morgan fingerprint density at radius 1 is 1.64 bits per heavy atom. The van der Waals surface area contributed by atoms with Crippen molar-refractivity contribution in [3.8, 4) is 0 Å². The normalized spacial score (nSPS) is 12.8. The second kappa shape index (κ2) is 5.51. The van der Waals surface area contributed by atoms with Gasteiger partial charge in [-0.15, -0.1) is 0 Å². The number of ether oxygens (including phenoxy) is 1. The van der Waals surface area contributed by atoms with E-state index < -0.39 is 6.10 Å². The maximum absolute atomic E-state index is 9.32. The van der Waals surface area contributed by atoms with Gasteiger partial charge in [-0.2, -0.15) is 0 Å². The lowest BCUT2D eigenvalue weighted by atomic mass is 10.3. The van der Waals surface area contributed by atoms with E-state index in [1.807, 2.05) is 0 Å². The monoisotopic (exact) mass is 201 g/mol. The van der Waals surface area contributed by atoms with Crippen LogP contribution in [0.25, 0.3) is 0 Å². The van der Waals surface area contributed by atoms with Crippen LogP contribution < -0.4 is 5.32 Å². The first kappa shape index (κ1) is 10.9. The average molecular weight is 201 g/mol. The van der Waals surface area contributed by atoms with Crippen LogP contribution >= 0.6 is 0 Å². The molecular weight excluding hydrogens is 186 g/mol. The summed E-state index contributed by atoms with van der Waals surface area (Å²) in [4.78, 5) is 0. The molecule has 0 amide bonds. The van der Waals surface area contributed by atoms with Gasteiger partial charge in [-0.05, 0) is 16.8 Å². The number of nitrogens with zero attached hydrogens (tertiary/aromatic N) is 4. The van der Waals surface area contributed by atoms with Crippen LogP contribution in [0.5, 0.6) is 0 Å². The van der Waals surface area contributed by atoms with Crippen molar-refractivity contribution < 1.29 is 9.84 Å². The summed E-state index contributed by atoms with van der Waals surface area (Å²) in [6, 6.07) is 0. The third-order valence-electron chi connectivity index (χ3n) is 1.74. The SMILES string of the molecule is COCC(O)CCNc1nnnn1C. The summed E-state index contributed by atoms with van der Waals surface area (Å²) in [6.45, 7) is 0.956. The van der Waals surface area contributed by atoms with Gasteiger partial charge in [0.15, 0.2) is 0 Å².